The molecule has 0 fully saturated rings. The fourth-order valence-corrected chi connectivity index (χ4v) is 0. The summed E-state index contributed by atoms with van der Waals surface area (Å²) in [6.07, 6.45) is 0. The maximum absolute atomic E-state index is 2.94. The highest BCUT2D eigenvalue weighted by Crippen LogP contribution is 1.45. The van der Waals surface area contributed by atoms with Crippen LogP contribution in [0.2, 0.25) is 0 Å². The van der Waals surface area contributed by atoms with E-state index >= 15 is 0 Å². The summed E-state index contributed by atoms with van der Waals surface area (Å²) in [5, 5.41) is 0. The van der Waals surface area contributed by atoms with Gasteiger partial charge in [0.2, 0.25) is 0 Å². The third-order valence-corrected chi connectivity index (χ3v) is 0. The molecule has 0 amide bonds. The highest BCUT2D eigenvalue weighted by Gasteiger charge is 0.950. The molecule has 0 saturated carbocycles. The molecule has 0 N–H and O–H groups in total. The Hall–Kier alpha value is 1.31. The van der Waals surface area contributed by atoms with E-state index in [0.717, 1.165) is 0 Å². The minimum Gasteiger partial charge on any atom is -0.197 e. The Balaban J connectivity index is -0.0000000133. The van der Waals surface area contributed by atoms with Gasteiger partial charge in [-0.2, -0.15) is 13.5 Å². The molecule has 0 unspecified atom stereocenters. The van der Waals surface area contributed by atoms with Crippen molar-refractivity contribution in [3.8, 4) is 0 Å². The fraction of sp³-hybridized carbons (Fsp3) is 1.00. The second-order valence-corrected chi connectivity index (χ2v) is 0. The summed E-state index contributed by atoms with van der Waals surface area (Å²) in [6.45, 7) is 0. The van der Waals surface area contributed by atoms with Gasteiger partial charge < -0.3 is 0 Å². The van der Waals surface area contributed by atoms with Gasteiger partial charge in [-0.25, -0.2) is 0 Å². The largest absolute Gasteiger partial charge is 0.197 e. The van der Waals surface area contributed by atoms with Crippen LogP contribution in [0, 0.1) is 0 Å². The third kappa shape index (κ3) is 33.9. The van der Waals surface area contributed by atoms with Crippen molar-refractivity contribution in [2.45, 2.75) is 0 Å². The standard InChI is InChI=1S/2CH3Br.H2S/c2*1-2;/h2*1H3;1H2. The molecule has 0 radical (unpaired) electrons. The fourth-order valence-electron chi connectivity index (χ4n) is 0. The molecule has 0 bridgehead atoms. The lowest BCUT2D eigenvalue weighted by molar-refractivity contribution is 2.59. The van der Waals surface area contributed by atoms with Gasteiger partial charge >= 0.3 is 0 Å². The van der Waals surface area contributed by atoms with Crippen molar-refractivity contribution in [3.05, 3.63) is 0 Å². The Morgan fingerprint density at radius 2 is 0.800 bits per heavy atom. The van der Waals surface area contributed by atoms with E-state index < -0.39 is 0 Å². The average molecular weight is 224 g/mol. The Kier molecular flexibility index (Phi) is 187. The molecule has 3 heteroatoms. The summed E-state index contributed by atoms with van der Waals surface area (Å²) in [5.41, 5.74) is 0. The minimum absolute atomic E-state index is 0. The molecule has 0 rings (SSSR count). The van der Waals surface area contributed by atoms with Crippen molar-refractivity contribution < 1.29 is 0 Å². The smallest absolute Gasteiger partial charge is 0.00848 e. The zero-order chi connectivity index (χ0) is 4.00. The first-order valence-electron chi connectivity index (χ1n) is 0.756. The van der Waals surface area contributed by atoms with E-state index in [4.69, 9.17) is 0 Å². The predicted octanol–water partition coefficient (Wildman–Crippen LogP) is 2.14. The van der Waals surface area contributed by atoms with Crippen molar-refractivity contribution >= 4 is 45.4 Å². The maximum Gasteiger partial charge on any atom is -0.00848 e. The molecule has 0 aliphatic heterocycles. The summed E-state index contributed by atoms with van der Waals surface area (Å²) in [6, 6.07) is 0. The first-order chi connectivity index (χ1) is 2.00. The van der Waals surface area contributed by atoms with Crippen LogP contribution < -0.4 is 0 Å². The summed E-state index contributed by atoms with van der Waals surface area (Å²) < 4.78 is 0. The first-order valence-corrected chi connectivity index (χ1v) is 3.93. The molecule has 0 aromatic rings. The van der Waals surface area contributed by atoms with Crippen LogP contribution in [0.1, 0.15) is 0 Å². The Morgan fingerprint density at radius 1 is 0.800 bits per heavy atom. The molecular weight excluding hydrogens is 216 g/mol. The quantitative estimate of drug-likeness (QED) is 0.553. The van der Waals surface area contributed by atoms with E-state index in [9.17, 15) is 0 Å². The number of halogens is 2. The molecule has 0 aliphatic carbocycles. The second kappa shape index (κ2) is 57.5. The number of hydrogen-bond acceptors (Lipinski definition) is 0. The van der Waals surface area contributed by atoms with Crippen molar-refractivity contribution in [1.29, 1.82) is 0 Å². The molecule has 0 heterocycles. The van der Waals surface area contributed by atoms with Crippen LogP contribution in [0.25, 0.3) is 0 Å². The van der Waals surface area contributed by atoms with Gasteiger partial charge in [0.15, 0.2) is 0 Å². The molecule has 0 atom stereocenters. The third-order valence-electron chi connectivity index (χ3n) is 0. The maximum atomic E-state index is 2.94. The Bertz CT molecular complexity index is 7.61. The van der Waals surface area contributed by atoms with Crippen molar-refractivity contribution in [1.82, 2.24) is 0 Å². The van der Waals surface area contributed by atoms with Gasteiger partial charge in [-0.15, -0.1) is 0 Å². The van der Waals surface area contributed by atoms with Gasteiger partial charge in [-0.3, -0.25) is 0 Å². The first kappa shape index (κ1) is 16.2. The van der Waals surface area contributed by atoms with E-state index in [-0.39, 0.29) is 13.5 Å². The second-order valence-electron chi connectivity index (χ2n) is 0. The van der Waals surface area contributed by atoms with E-state index in [1.54, 1.807) is 0 Å². The molecule has 36 valence electrons. The zero-order valence-corrected chi connectivity index (χ0v) is 7.43. The molecule has 0 nitrogen and oxygen atoms in total. The van der Waals surface area contributed by atoms with Crippen LogP contribution in [0.5, 0.6) is 0 Å². The SMILES string of the molecule is CBr.CBr.S. The summed E-state index contributed by atoms with van der Waals surface area (Å²) in [7, 11) is 0. The number of alkyl halides is 2. The van der Waals surface area contributed by atoms with Gasteiger partial charge in [0, 0.05) is 0 Å². The number of rotatable bonds is 0. The van der Waals surface area contributed by atoms with E-state index in [1.165, 1.54) is 0 Å². The lowest BCUT2D eigenvalue weighted by Gasteiger charge is -1.05. The van der Waals surface area contributed by atoms with Gasteiger partial charge in [0.25, 0.3) is 0 Å². The normalized spacial score (nSPS) is 2.40. The zero-order valence-electron chi connectivity index (χ0n) is 3.26. The molecule has 0 spiro atoms. The molecule has 0 saturated heterocycles. The van der Waals surface area contributed by atoms with Gasteiger partial charge in [0.05, 0.1) is 0 Å². The highest BCUT2D eigenvalue weighted by atomic mass is 79.9. The van der Waals surface area contributed by atoms with Crippen LogP contribution in [-0.2, 0) is 0 Å². The Morgan fingerprint density at radius 3 is 0.800 bits per heavy atom. The van der Waals surface area contributed by atoms with E-state index in [1.807, 2.05) is 11.7 Å². The van der Waals surface area contributed by atoms with Crippen LogP contribution in [0.15, 0.2) is 0 Å². The summed E-state index contributed by atoms with van der Waals surface area (Å²) in [4.78, 5) is 0. The van der Waals surface area contributed by atoms with Crippen LogP contribution in [0.4, 0.5) is 0 Å². The van der Waals surface area contributed by atoms with Gasteiger partial charge in [-0.05, 0) is 11.7 Å². The van der Waals surface area contributed by atoms with Crippen LogP contribution in [-0.4, -0.2) is 11.7 Å². The van der Waals surface area contributed by atoms with Crippen LogP contribution >= 0.6 is 45.4 Å². The topological polar surface area (TPSA) is 0 Å². The summed E-state index contributed by atoms with van der Waals surface area (Å²) in [5.74, 6) is 3.62. The average Bonchev–Trinajstić information content (AvgIpc) is 1.50. The van der Waals surface area contributed by atoms with Crippen molar-refractivity contribution in [3.63, 3.8) is 0 Å². The molecule has 5 heavy (non-hydrogen) atoms. The molecule has 0 aromatic carbocycles. The Labute approximate surface area is 57.0 Å². The molecule has 0 aromatic heterocycles. The van der Waals surface area contributed by atoms with Crippen molar-refractivity contribution in [2.24, 2.45) is 0 Å². The van der Waals surface area contributed by atoms with Gasteiger partial charge in [0.1, 0.15) is 0 Å². The van der Waals surface area contributed by atoms with Crippen LogP contribution in [0.3, 0.4) is 0 Å². The minimum atomic E-state index is 0. The molecular formula is C2H8Br2S. The lowest BCUT2D eigenvalue weighted by Crippen LogP contribution is -0.808. The lowest BCUT2D eigenvalue weighted by atomic mass is 12.0. The van der Waals surface area contributed by atoms with E-state index in [2.05, 4.69) is 31.9 Å². The monoisotopic (exact) mass is 222 g/mol. The van der Waals surface area contributed by atoms with Gasteiger partial charge in [-0.1, -0.05) is 31.9 Å². The van der Waals surface area contributed by atoms with Crippen molar-refractivity contribution in [2.75, 3.05) is 11.7 Å². The number of hydrogen-bond donors (Lipinski definition) is 0. The molecule has 0 aliphatic rings. The predicted molar refractivity (Wildman–Crippen MR) is 40.1 cm³/mol. The summed E-state index contributed by atoms with van der Waals surface area (Å²) >= 11 is 5.88. The van der Waals surface area contributed by atoms with E-state index in [0.29, 0.717) is 0 Å². The highest BCUT2D eigenvalue weighted by molar-refractivity contribution is 9.09.